The first kappa shape index (κ1) is 11.2. The van der Waals surface area contributed by atoms with Crippen molar-refractivity contribution in [2.24, 2.45) is 0 Å². The summed E-state index contributed by atoms with van der Waals surface area (Å²) in [5.41, 5.74) is 0. The molecule has 0 unspecified atom stereocenters. The van der Waals surface area contributed by atoms with Crippen LogP contribution in [0.25, 0.3) is 0 Å². The molecule has 1 nitrogen and oxygen atoms in total. The zero-order chi connectivity index (χ0) is 4.24. The average molecular weight is 327 g/mol. The summed E-state index contributed by atoms with van der Waals surface area (Å²) in [4.78, 5) is 3.78. The van der Waals surface area contributed by atoms with Crippen molar-refractivity contribution in [2.75, 3.05) is 0 Å². The van der Waals surface area contributed by atoms with E-state index < -0.39 is 0 Å². The summed E-state index contributed by atoms with van der Waals surface area (Å²) in [5, 5.41) is 0. The van der Waals surface area contributed by atoms with Crippen LogP contribution in [0.3, 0.4) is 0 Å². The molecule has 0 N–H and O–H groups in total. The zero-order valence-corrected chi connectivity index (χ0v) is 8.14. The van der Waals surface area contributed by atoms with Crippen molar-refractivity contribution in [1.82, 2.24) is 4.98 Å². The normalized spacial score (nSPS) is 6.00. The molecule has 0 aromatic carbocycles. The topological polar surface area (TPSA) is 12.9 Å². The third-order valence-electron chi connectivity index (χ3n) is 0.566. The van der Waals surface area contributed by atoms with Crippen LogP contribution in [-0.2, 0) is 0 Å². The smallest absolute Gasteiger partial charge is 0.0267 e. The Balaban J connectivity index is 0. The van der Waals surface area contributed by atoms with Gasteiger partial charge >= 0.3 is 26.2 Å². The van der Waals surface area contributed by atoms with E-state index >= 15 is 0 Å². The van der Waals surface area contributed by atoms with E-state index in [0.29, 0.717) is 0 Å². The minimum absolute atomic E-state index is 0. The SMILES string of the molecule is Cl.[AtH].c1ccncc1. The molecule has 0 fully saturated rings. The van der Waals surface area contributed by atoms with Gasteiger partial charge in [-0.05, 0) is 12.1 Å². The first-order valence-electron chi connectivity index (χ1n) is 1.85. The fourth-order valence-corrected chi connectivity index (χ4v) is 0.313. The van der Waals surface area contributed by atoms with Gasteiger partial charge in [-0.25, -0.2) is 0 Å². The number of hydrogen-bond donors (Lipinski definition) is 0. The van der Waals surface area contributed by atoms with Crippen molar-refractivity contribution in [1.29, 1.82) is 0 Å². The van der Waals surface area contributed by atoms with Crippen LogP contribution in [0.15, 0.2) is 30.6 Å². The summed E-state index contributed by atoms with van der Waals surface area (Å²) in [6.07, 6.45) is 3.50. The maximum Gasteiger partial charge on any atom is 0.0267 e. The van der Waals surface area contributed by atoms with Gasteiger partial charge in [0.1, 0.15) is 0 Å². The maximum atomic E-state index is 3.78. The molecule has 0 spiro atoms. The second-order valence-electron chi connectivity index (χ2n) is 1.02. The quantitative estimate of drug-likeness (QED) is 0.699. The van der Waals surface area contributed by atoms with Gasteiger partial charge < -0.3 is 0 Å². The Bertz CT molecular complexity index is 84.4. The Kier molecular flexibility index (Phi) is 10.2. The van der Waals surface area contributed by atoms with Crippen molar-refractivity contribution >= 4 is 12.4 Å². The first-order chi connectivity index (χ1) is 3.00. The molecule has 1 aromatic heterocycles. The standard InChI is InChI=1S/C5H5N.AtH.ClH/c1-2-4-6-5-3-1;;/h1-5H;2*1H. The van der Waals surface area contributed by atoms with E-state index in [9.17, 15) is 0 Å². The van der Waals surface area contributed by atoms with E-state index in [1.807, 2.05) is 18.2 Å². The molecule has 0 radical (unpaired) electrons. The molecule has 1 aromatic rings. The van der Waals surface area contributed by atoms with Crippen LogP contribution in [0, 0.1) is 26.2 Å². The maximum absolute atomic E-state index is 3.78. The van der Waals surface area contributed by atoms with Crippen LogP contribution < -0.4 is 0 Å². The molecule has 1 heterocycles. The van der Waals surface area contributed by atoms with Gasteiger partial charge in [-0.3, -0.25) is 4.98 Å². The predicted octanol–water partition coefficient (Wildman–Crippen LogP) is 1.24. The number of aromatic nitrogens is 1. The Morgan fingerprint density at radius 1 is 0.875 bits per heavy atom. The van der Waals surface area contributed by atoms with E-state index in [2.05, 4.69) is 4.98 Å². The zero-order valence-electron chi connectivity index (χ0n) is 4.15. The largest absolute Gasteiger partial charge is 0.265 e. The predicted molar refractivity (Wildman–Crippen MR) is 32.9 cm³/mol. The van der Waals surface area contributed by atoms with Crippen LogP contribution >= 0.6 is 12.4 Å². The van der Waals surface area contributed by atoms with Gasteiger partial charge in [0.15, 0.2) is 0 Å². The summed E-state index contributed by atoms with van der Waals surface area (Å²) >= 11 is 0. The van der Waals surface area contributed by atoms with E-state index in [0.717, 1.165) is 0 Å². The van der Waals surface area contributed by atoms with Crippen molar-refractivity contribution in [3.63, 3.8) is 0 Å². The second kappa shape index (κ2) is 7.32. The molecule has 0 atom stereocenters. The Hall–Kier alpha value is 0.323. The molecule has 3 heteroatoms. The van der Waals surface area contributed by atoms with Crippen LogP contribution in [0.4, 0.5) is 0 Å². The monoisotopic (exact) mass is 326 g/mol. The molecule has 8 heavy (non-hydrogen) atoms. The van der Waals surface area contributed by atoms with Gasteiger partial charge in [-0.2, -0.15) is 0 Å². The fraction of sp³-hybridized carbons (Fsp3) is 0. The van der Waals surface area contributed by atoms with Crippen LogP contribution in [-0.4, -0.2) is 4.98 Å². The van der Waals surface area contributed by atoms with Gasteiger partial charge in [-0.15, -0.1) is 12.4 Å². The number of nitrogens with zero attached hydrogens (tertiary/aromatic N) is 1. The average Bonchev–Trinajstić information content (AvgIpc) is 1.72. The van der Waals surface area contributed by atoms with Crippen molar-refractivity contribution < 1.29 is 26.2 Å². The molecule has 0 aliphatic heterocycles. The van der Waals surface area contributed by atoms with Gasteiger partial charge in [-0.1, -0.05) is 6.07 Å². The molecule has 0 amide bonds. The molecule has 46 valence electrons. The van der Waals surface area contributed by atoms with Crippen molar-refractivity contribution in [2.45, 2.75) is 0 Å². The van der Waals surface area contributed by atoms with E-state index in [4.69, 9.17) is 0 Å². The fourth-order valence-electron chi connectivity index (χ4n) is 0.313. The van der Waals surface area contributed by atoms with Crippen LogP contribution in [0.2, 0.25) is 0 Å². The summed E-state index contributed by atoms with van der Waals surface area (Å²) in [5.74, 6) is 0. The molecule has 0 saturated carbocycles. The first-order valence-corrected chi connectivity index (χ1v) is 1.85. The summed E-state index contributed by atoms with van der Waals surface area (Å²) < 4.78 is 0. The third kappa shape index (κ3) is 4.48. The summed E-state index contributed by atoms with van der Waals surface area (Å²) in [7, 11) is 0. The molecule has 0 aliphatic carbocycles. The van der Waals surface area contributed by atoms with Crippen LogP contribution in [0.1, 0.15) is 0 Å². The summed E-state index contributed by atoms with van der Waals surface area (Å²) in [6, 6.07) is 5.72. The van der Waals surface area contributed by atoms with Crippen LogP contribution in [0.5, 0.6) is 0 Å². The molecule has 1 rings (SSSR count). The minimum Gasteiger partial charge on any atom is -0.265 e. The Morgan fingerprint density at radius 2 is 1.38 bits per heavy atom. The van der Waals surface area contributed by atoms with Gasteiger partial charge in [0.05, 0.1) is 0 Å². The molecule has 0 saturated heterocycles. The Labute approximate surface area is 74.1 Å². The van der Waals surface area contributed by atoms with E-state index in [-0.39, 0.29) is 38.6 Å². The second-order valence-corrected chi connectivity index (χ2v) is 1.02. The van der Waals surface area contributed by atoms with Gasteiger partial charge in [0.25, 0.3) is 0 Å². The molecular formula is C5H7AtClN. The number of halogens is 1. The molecule has 0 aliphatic rings. The van der Waals surface area contributed by atoms with Gasteiger partial charge in [0, 0.05) is 12.4 Å². The van der Waals surface area contributed by atoms with Gasteiger partial charge in [0.2, 0.25) is 0 Å². The van der Waals surface area contributed by atoms with E-state index in [1.54, 1.807) is 12.4 Å². The molecule has 0 bridgehead atoms. The number of rotatable bonds is 0. The summed E-state index contributed by atoms with van der Waals surface area (Å²) in [6.45, 7) is 0. The number of pyridine rings is 1. The van der Waals surface area contributed by atoms with E-state index in [1.165, 1.54) is 0 Å². The van der Waals surface area contributed by atoms with Crippen molar-refractivity contribution in [3.05, 3.63) is 30.6 Å². The minimum atomic E-state index is 0. The Morgan fingerprint density at radius 3 is 1.50 bits per heavy atom. The van der Waals surface area contributed by atoms with Crippen molar-refractivity contribution in [3.8, 4) is 0 Å². The third-order valence-corrected chi connectivity index (χ3v) is 0.566. The molecular weight excluding hydrogens is 320 g/mol. The number of hydrogen-bond acceptors (Lipinski definition) is 1.